The predicted octanol–water partition coefficient (Wildman–Crippen LogP) is 1.82. The van der Waals surface area contributed by atoms with Crippen LogP contribution in [0.2, 0.25) is 0 Å². The van der Waals surface area contributed by atoms with Crippen molar-refractivity contribution < 1.29 is 31.6 Å². The minimum Gasteiger partial charge on any atom is -0.493 e. The molecular formula is C18H27NO7S. The lowest BCUT2D eigenvalue weighted by atomic mass is 9.85. The largest absolute Gasteiger partial charge is 0.493 e. The number of nitrogens with zero attached hydrogens (tertiary/aromatic N) is 1. The van der Waals surface area contributed by atoms with Gasteiger partial charge in [-0.25, -0.2) is 0 Å². The molecule has 1 heterocycles. The number of likely N-dealkylation sites (tertiary alicyclic amines) is 1. The Morgan fingerprint density at radius 2 is 1.70 bits per heavy atom. The van der Waals surface area contributed by atoms with Crippen LogP contribution in [0.25, 0.3) is 0 Å². The van der Waals surface area contributed by atoms with Crippen molar-refractivity contribution in [1.82, 2.24) is 4.90 Å². The van der Waals surface area contributed by atoms with Crippen molar-refractivity contribution in [3.63, 3.8) is 0 Å². The fraction of sp³-hybridized carbons (Fsp3) is 0.611. The van der Waals surface area contributed by atoms with Crippen LogP contribution >= 0.6 is 0 Å². The highest BCUT2D eigenvalue weighted by atomic mass is 32.2. The third-order valence-corrected chi connectivity index (χ3v) is 5.38. The zero-order chi connectivity index (χ0) is 20.2. The molecule has 1 fully saturated rings. The van der Waals surface area contributed by atoms with Gasteiger partial charge in [0.15, 0.2) is 11.5 Å². The number of methoxy groups -OCH3 is 3. The monoisotopic (exact) mass is 401 g/mol. The van der Waals surface area contributed by atoms with Crippen molar-refractivity contribution in [2.24, 2.45) is 5.41 Å². The second-order valence-corrected chi connectivity index (χ2v) is 8.49. The Balaban J connectivity index is 2.11. The quantitative estimate of drug-likeness (QED) is 0.583. The van der Waals surface area contributed by atoms with Crippen LogP contribution in [-0.4, -0.2) is 60.0 Å². The van der Waals surface area contributed by atoms with Gasteiger partial charge < -0.3 is 19.1 Å². The lowest BCUT2D eigenvalue weighted by Crippen LogP contribution is -2.33. The van der Waals surface area contributed by atoms with Crippen LogP contribution in [0, 0.1) is 5.41 Å². The normalized spacial score (nSPS) is 20.0. The molecule has 1 aromatic rings. The molecule has 0 spiro atoms. The van der Waals surface area contributed by atoms with E-state index in [4.69, 9.17) is 18.4 Å². The molecule has 0 N–H and O–H groups in total. The molecule has 1 aliphatic heterocycles. The van der Waals surface area contributed by atoms with E-state index >= 15 is 0 Å². The van der Waals surface area contributed by atoms with E-state index in [2.05, 4.69) is 0 Å². The lowest BCUT2D eigenvalue weighted by Gasteiger charge is -2.24. The van der Waals surface area contributed by atoms with Gasteiger partial charge in [-0.15, -0.1) is 0 Å². The molecule has 9 heteroatoms. The Morgan fingerprint density at radius 1 is 1.11 bits per heavy atom. The fourth-order valence-corrected chi connectivity index (χ4v) is 3.61. The van der Waals surface area contributed by atoms with Crippen LogP contribution in [-0.2, 0) is 25.6 Å². The first-order valence-corrected chi connectivity index (χ1v) is 10.4. The van der Waals surface area contributed by atoms with Crippen molar-refractivity contribution in [1.29, 1.82) is 0 Å². The molecule has 1 aliphatic rings. The van der Waals surface area contributed by atoms with Crippen LogP contribution in [0.3, 0.4) is 0 Å². The smallest absolute Gasteiger partial charge is 0.264 e. The molecule has 0 aromatic heterocycles. The zero-order valence-electron chi connectivity index (χ0n) is 16.4. The highest BCUT2D eigenvalue weighted by molar-refractivity contribution is 7.85. The summed E-state index contributed by atoms with van der Waals surface area (Å²) in [5.41, 5.74) is 0.222. The standard InChI is InChI=1S/C18H27NO7S/c1-18(7-9-26-27(5,21)22)6-8-19(17(18)20)12-13-10-14(23-2)16(25-4)15(11-13)24-3/h10-11H,6-9,12H2,1-5H3. The van der Waals surface area contributed by atoms with E-state index in [1.165, 1.54) is 7.11 Å². The summed E-state index contributed by atoms with van der Waals surface area (Å²) >= 11 is 0. The van der Waals surface area contributed by atoms with Gasteiger partial charge >= 0.3 is 0 Å². The first-order chi connectivity index (χ1) is 12.6. The molecule has 1 saturated heterocycles. The number of rotatable bonds is 9. The van der Waals surface area contributed by atoms with Crippen LogP contribution in [0.15, 0.2) is 12.1 Å². The van der Waals surface area contributed by atoms with Gasteiger partial charge in [-0.05, 0) is 30.5 Å². The van der Waals surface area contributed by atoms with Crippen LogP contribution in [0.1, 0.15) is 25.3 Å². The predicted molar refractivity (Wildman–Crippen MR) is 99.7 cm³/mol. The highest BCUT2D eigenvalue weighted by Gasteiger charge is 2.42. The molecule has 8 nitrogen and oxygen atoms in total. The van der Waals surface area contributed by atoms with Gasteiger partial charge in [0.2, 0.25) is 11.7 Å². The molecule has 0 saturated carbocycles. The van der Waals surface area contributed by atoms with E-state index in [0.29, 0.717) is 43.2 Å². The number of benzene rings is 1. The summed E-state index contributed by atoms with van der Waals surface area (Å²) in [6.45, 7) is 2.83. The minimum absolute atomic E-state index is 0.000898. The van der Waals surface area contributed by atoms with E-state index in [1.807, 2.05) is 19.1 Å². The molecule has 1 unspecified atom stereocenters. The van der Waals surface area contributed by atoms with Crippen molar-refractivity contribution in [2.45, 2.75) is 26.3 Å². The first-order valence-electron chi connectivity index (χ1n) is 8.56. The number of carbonyl (C=O) groups is 1. The third-order valence-electron chi connectivity index (χ3n) is 4.79. The van der Waals surface area contributed by atoms with Gasteiger partial charge in [0.1, 0.15) is 0 Å². The van der Waals surface area contributed by atoms with Gasteiger partial charge in [0.05, 0.1) is 39.6 Å². The van der Waals surface area contributed by atoms with E-state index in [-0.39, 0.29) is 12.5 Å². The summed E-state index contributed by atoms with van der Waals surface area (Å²) in [4.78, 5) is 14.6. The Kier molecular flexibility index (Phi) is 6.59. The van der Waals surface area contributed by atoms with Crippen molar-refractivity contribution in [3.8, 4) is 17.2 Å². The SMILES string of the molecule is COc1cc(CN2CCC(C)(CCOS(C)(=O)=O)C2=O)cc(OC)c1OC. The van der Waals surface area contributed by atoms with E-state index in [0.717, 1.165) is 11.8 Å². The number of amides is 1. The van der Waals surface area contributed by atoms with Crippen LogP contribution < -0.4 is 14.2 Å². The van der Waals surface area contributed by atoms with Crippen molar-refractivity contribution in [2.75, 3.05) is 40.7 Å². The van der Waals surface area contributed by atoms with Gasteiger partial charge in [-0.3, -0.25) is 8.98 Å². The maximum atomic E-state index is 12.9. The molecule has 27 heavy (non-hydrogen) atoms. The average molecular weight is 401 g/mol. The maximum absolute atomic E-state index is 12.9. The summed E-state index contributed by atoms with van der Waals surface area (Å²) in [7, 11) is 1.11. The number of hydrogen-bond acceptors (Lipinski definition) is 7. The van der Waals surface area contributed by atoms with Crippen molar-refractivity contribution >= 4 is 16.0 Å². The third kappa shape index (κ3) is 5.04. The fourth-order valence-electron chi connectivity index (χ4n) is 3.22. The van der Waals surface area contributed by atoms with Crippen LogP contribution in [0.5, 0.6) is 17.2 Å². The maximum Gasteiger partial charge on any atom is 0.264 e. The van der Waals surface area contributed by atoms with Gasteiger partial charge in [-0.1, -0.05) is 6.92 Å². The Morgan fingerprint density at radius 3 is 2.19 bits per heavy atom. The molecule has 152 valence electrons. The topological polar surface area (TPSA) is 91.4 Å². The van der Waals surface area contributed by atoms with Gasteiger partial charge in [0, 0.05) is 13.1 Å². The summed E-state index contributed by atoms with van der Waals surface area (Å²) in [6.07, 6.45) is 2.00. The van der Waals surface area contributed by atoms with Crippen molar-refractivity contribution in [3.05, 3.63) is 17.7 Å². The Bertz CT molecular complexity index is 768. The number of hydrogen-bond donors (Lipinski definition) is 0. The average Bonchev–Trinajstić information content (AvgIpc) is 2.88. The molecule has 2 rings (SSSR count). The Labute approximate surface area is 160 Å². The molecule has 0 bridgehead atoms. The van der Waals surface area contributed by atoms with E-state index < -0.39 is 15.5 Å². The summed E-state index contributed by atoms with van der Waals surface area (Å²) in [6, 6.07) is 3.63. The highest BCUT2D eigenvalue weighted by Crippen LogP contribution is 2.40. The molecule has 0 aliphatic carbocycles. The van der Waals surface area contributed by atoms with E-state index in [1.54, 1.807) is 19.1 Å². The number of carbonyl (C=O) groups excluding carboxylic acids is 1. The van der Waals surface area contributed by atoms with Gasteiger partial charge in [-0.2, -0.15) is 8.42 Å². The first kappa shape index (κ1) is 21.3. The Hall–Kier alpha value is -2.00. The molecule has 1 aromatic carbocycles. The summed E-state index contributed by atoms with van der Waals surface area (Å²) < 4.78 is 43.1. The van der Waals surface area contributed by atoms with Crippen LogP contribution in [0.4, 0.5) is 0 Å². The zero-order valence-corrected chi connectivity index (χ0v) is 17.2. The second kappa shape index (κ2) is 8.35. The lowest BCUT2D eigenvalue weighted by molar-refractivity contribution is -0.136. The molecule has 1 atom stereocenters. The number of ether oxygens (including phenoxy) is 3. The molecule has 0 radical (unpaired) electrons. The molecule has 1 amide bonds. The molecular weight excluding hydrogens is 374 g/mol. The van der Waals surface area contributed by atoms with Gasteiger partial charge in [0.25, 0.3) is 10.1 Å². The minimum atomic E-state index is -3.51. The van der Waals surface area contributed by atoms with E-state index in [9.17, 15) is 13.2 Å². The summed E-state index contributed by atoms with van der Waals surface area (Å²) in [5, 5.41) is 0. The summed E-state index contributed by atoms with van der Waals surface area (Å²) in [5.74, 6) is 1.54. The second-order valence-electron chi connectivity index (χ2n) is 6.85.